The smallest absolute Gasteiger partial charge is 0.255 e. The Bertz CT molecular complexity index is 1350. The largest absolute Gasteiger partial charge is 0.329 e. The van der Waals surface area contributed by atoms with Gasteiger partial charge >= 0.3 is 0 Å². The zero-order chi connectivity index (χ0) is 24.7. The Morgan fingerprint density at radius 3 is 1.94 bits per heavy atom. The summed E-state index contributed by atoms with van der Waals surface area (Å²) in [5.41, 5.74) is 10.8. The Balaban J connectivity index is 1.87. The highest BCUT2D eigenvalue weighted by molar-refractivity contribution is 5.97. The molecule has 0 radical (unpaired) electrons. The number of carbonyl (C=O) groups excluding carboxylic acids is 1. The first kappa shape index (κ1) is 23.7. The molecule has 176 valence electrons. The molecule has 1 heterocycles. The normalized spacial score (nSPS) is 11.4. The van der Waals surface area contributed by atoms with Gasteiger partial charge in [0.25, 0.3) is 5.91 Å². The van der Waals surface area contributed by atoms with Crippen LogP contribution in [0.4, 0.5) is 0 Å². The van der Waals surface area contributed by atoms with E-state index in [1.807, 2.05) is 36.9 Å². The molecule has 4 rings (SSSR count). The van der Waals surface area contributed by atoms with Gasteiger partial charge in [-0.25, -0.2) is 4.98 Å². The highest BCUT2D eigenvalue weighted by Gasteiger charge is 2.26. The maximum atomic E-state index is 13.9. The quantitative estimate of drug-likeness (QED) is 0.329. The van der Waals surface area contributed by atoms with E-state index < -0.39 is 0 Å². The summed E-state index contributed by atoms with van der Waals surface area (Å²) in [6, 6.07) is 16.9. The fourth-order valence-corrected chi connectivity index (χ4v) is 5.26. The first-order chi connectivity index (χ1) is 16.1. The number of rotatable bonds is 5. The number of imidazole rings is 1. The number of carbonyl (C=O) groups is 1. The molecule has 1 aromatic heterocycles. The van der Waals surface area contributed by atoms with Crippen molar-refractivity contribution >= 4 is 16.9 Å². The number of fused-ring (bicyclic) bond motifs is 1. The van der Waals surface area contributed by atoms with Gasteiger partial charge < -0.3 is 4.90 Å². The minimum Gasteiger partial charge on any atom is -0.329 e. The van der Waals surface area contributed by atoms with Crippen molar-refractivity contribution in [2.75, 3.05) is 0 Å². The van der Waals surface area contributed by atoms with Crippen LogP contribution in [0, 0.1) is 41.5 Å². The minimum absolute atomic E-state index is 0.0288. The van der Waals surface area contributed by atoms with Crippen molar-refractivity contribution in [1.82, 2.24) is 14.5 Å². The Hall–Kier alpha value is -3.40. The molecule has 4 heteroatoms. The third-order valence-electron chi connectivity index (χ3n) is 6.58. The molecule has 3 aromatic carbocycles. The summed E-state index contributed by atoms with van der Waals surface area (Å²) in [6.07, 6.45) is 0. The molecule has 0 unspecified atom stereocenters. The van der Waals surface area contributed by atoms with Gasteiger partial charge in [0.1, 0.15) is 5.82 Å². The average molecular weight is 454 g/mol. The lowest BCUT2D eigenvalue weighted by atomic mass is 9.98. The second kappa shape index (κ2) is 9.09. The summed E-state index contributed by atoms with van der Waals surface area (Å²) in [7, 11) is 0. The second-order valence-corrected chi connectivity index (χ2v) is 9.90. The zero-order valence-corrected chi connectivity index (χ0v) is 21.7. The van der Waals surface area contributed by atoms with E-state index in [1.165, 1.54) is 22.3 Å². The number of hydrogen-bond acceptors (Lipinski definition) is 2. The van der Waals surface area contributed by atoms with E-state index in [2.05, 4.69) is 76.4 Å². The molecule has 34 heavy (non-hydrogen) atoms. The molecule has 0 spiro atoms. The predicted molar refractivity (Wildman–Crippen MR) is 141 cm³/mol. The van der Waals surface area contributed by atoms with Gasteiger partial charge in [0.05, 0.1) is 23.3 Å². The Labute approximate surface area is 203 Å². The van der Waals surface area contributed by atoms with Crippen molar-refractivity contribution in [3.63, 3.8) is 0 Å². The first-order valence-corrected chi connectivity index (χ1v) is 12.0. The number of aryl methyl sites for hydroxylation is 6. The lowest BCUT2D eigenvalue weighted by molar-refractivity contribution is 0.0683. The lowest BCUT2D eigenvalue weighted by Crippen LogP contribution is -2.38. The van der Waals surface area contributed by atoms with Gasteiger partial charge in [-0.15, -0.1) is 0 Å². The van der Waals surface area contributed by atoms with Gasteiger partial charge in [-0.3, -0.25) is 9.36 Å². The van der Waals surface area contributed by atoms with Gasteiger partial charge in [0.2, 0.25) is 0 Å². The third kappa shape index (κ3) is 4.25. The average Bonchev–Trinajstić information content (AvgIpc) is 3.08. The molecule has 1 amide bonds. The summed E-state index contributed by atoms with van der Waals surface area (Å²) in [4.78, 5) is 20.8. The molecule has 0 aliphatic carbocycles. The number of aromatic nitrogens is 2. The van der Waals surface area contributed by atoms with Crippen LogP contribution < -0.4 is 0 Å². The van der Waals surface area contributed by atoms with Crippen molar-refractivity contribution < 1.29 is 4.79 Å². The van der Waals surface area contributed by atoms with Crippen molar-refractivity contribution in [3.05, 3.63) is 93.3 Å². The summed E-state index contributed by atoms with van der Waals surface area (Å²) >= 11 is 0. The molecule has 0 atom stereocenters. The van der Waals surface area contributed by atoms with Crippen LogP contribution in [-0.2, 0) is 6.54 Å². The van der Waals surface area contributed by atoms with Crippen LogP contribution in [0.2, 0.25) is 0 Å². The summed E-state index contributed by atoms with van der Waals surface area (Å²) in [5.74, 6) is 0.932. The standard InChI is InChI=1S/C30H35N3O/c1-18(2)32(30(34)28-21(5)13-19(3)14-22(28)6)17-27-31-25-11-9-10-12-26(25)33(27)29-23(7)15-20(4)16-24(29)8/h9-16,18H,17H2,1-8H3. The van der Waals surface area contributed by atoms with E-state index in [4.69, 9.17) is 4.98 Å². The summed E-state index contributed by atoms with van der Waals surface area (Å²) in [5, 5.41) is 0. The van der Waals surface area contributed by atoms with Crippen LogP contribution in [0.5, 0.6) is 0 Å². The molecule has 0 aliphatic rings. The number of para-hydroxylation sites is 2. The van der Waals surface area contributed by atoms with Crippen molar-refractivity contribution in [2.24, 2.45) is 0 Å². The van der Waals surface area contributed by atoms with Crippen LogP contribution in [0.3, 0.4) is 0 Å². The molecule has 0 aliphatic heterocycles. The molecule has 0 saturated carbocycles. The van der Waals surface area contributed by atoms with E-state index in [1.54, 1.807) is 0 Å². The van der Waals surface area contributed by atoms with Crippen LogP contribution in [0.25, 0.3) is 16.7 Å². The highest BCUT2D eigenvalue weighted by Crippen LogP contribution is 2.29. The summed E-state index contributed by atoms with van der Waals surface area (Å²) < 4.78 is 2.25. The molecule has 0 bridgehead atoms. The van der Waals surface area contributed by atoms with Gasteiger partial charge in [0.15, 0.2) is 0 Å². The first-order valence-electron chi connectivity index (χ1n) is 12.0. The zero-order valence-electron chi connectivity index (χ0n) is 21.7. The van der Waals surface area contributed by atoms with Gasteiger partial charge in [-0.2, -0.15) is 0 Å². The Morgan fingerprint density at radius 2 is 1.38 bits per heavy atom. The minimum atomic E-state index is 0.0288. The number of amides is 1. The molecule has 4 aromatic rings. The monoisotopic (exact) mass is 453 g/mol. The SMILES string of the molecule is Cc1cc(C)c(C(=O)N(Cc2nc3ccccc3n2-c2c(C)cc(C)cc2C)C(C)C)c(C)c1. The highest BCUT2D eigenvalue weighted by atomic mass is 16.2. The molecular weight excluding hydrogens is 418 g/mol. The van der Waals surface area contributed by atoms with Crippen LogP contribution in [0.1, 0.15) is 63.4 Å². The van der Waals surface area contributed by atoms with Crippen molar-refractivity contribution in [1.29, 1.82) is 0 Å². The van der Waals surface area contributed by atoms with Gasteiger partial charge in [-0.05, 0) is 89.8 Å². The van der Waals surface area contributed by atoms with Gasteiger partial charge in [-0.1, -0.05) is 47.5 Å². The number of hydrogen-bond donors (Lipinski definition) is 0. The van der Waals surface area contributed by atoms with E-state index in [0.29, 0.717) is 6.54 Å². The van der Waals surface area contributed by atoms with E-state index >= 15 is 0 Å². The maximum Gasteiger partial charge on any atom is 0.255 e. The van der Waals surface area contributed by atoms with E-state index in [9.17, 15) is 4.79 Å². The predicted octanol–water partition coefficient (Wildman–Crippen LogP) is 6.93. The summed E-state index contributed by atoms with van der Waals surface area (Å²) in [6.45, 7) is 17.1. The van der Waals surface area contributed by atoms with E-state index in [0.717, 1.165) is 39.2 Å². The van der Waals surface area contributed by atoms with Gasteiger partial charge in [0, 0.05) is 11.6 Å². The Kier molecular flexibility index (Phi) is 6.35. The van der Waals surface area contributed by atoms with Crippen LogP contribution >= 0.6 is 0 Å². The van der Waals surface area contributed by atoms with Crippen LogP contribution in [0.15, 0.2) is 48.5 Å². The van der Waals surface area contributed by atoms with E-state index in [-0.39, 0.29) is 11.9 Å². The second-order valence-electron chi connectivity index (χ2n) is 9.90. The molecular formula is C30H35N3O. The third-order valence-corrected chi connectivity index (χ3v) is 6.58. The number of nitrogens with zero attached hydrogens (tertiary/aromatic N) is 3. The fourth-order valence-electron chi connectivity index (χ4n) is 5.26. The molecule has 4 nitrogen and oxygen atoms in total. The topological polar surface area (TPSA) is 38.1 Å². The van der Waals surface area contributed by atoms with Crippen molar-refractivity contribution in [3.8, 4) is 5.69 Å². The Morgan fingerprint density at radius 1 is 0.853 bits per heavy atom. The number of benzene rings is 3. The lowest BCUT2D eigenvalue weighted by Gasteiger charge is -2.29. The van der Waals surface area contributed by atoms with Crippen molar-refractivity contribution in [2.45, 2.75) is 68.0 Å². The maximum absolute atomic E-state index is 13.9. The molecule has 0 N–H and O–H groups in total. The van der Waals surface area contributed by atoms with Crippen LogP contribution in [-0.4, -0.2) is 26.4 Å². The fraction of sp³-hybridized carbons (Fsp3) is 0.333. The molecule has 0 fully saturated rings. The molecule has 0 saturated heterocycles.